The predicted octanol–water partition coefficient (Wildman–Crippen LogP) is 1.08. The van der Waals surface area contributed by atoms with Gasteiger partial charge in [-0.3, -0.25) is 9.88 Å². The Morgan fingerprint density at radius 2 is 2.10 bits per heavy atom. The lowest BCUT2D eigenvalue weighted by Crippen LogP contribution is -2.40. The molecule has 6 heteroatoms. The fraction of sp³-hybridized carbons (Fsp3) is 0.643. The van der Waals surface area contributed by atoms with Gasteiger partial charge in [0.05, 0.1) is 5.75 Å². The van der Waals surface area contributed by atoms with E-state index in [2.05, 4.69) is 16.0 Å². The number of fused-ring (bicyclic) bond motifs is 1. The zero-order valence-electron chi connectivity index (χ0n) is 11.8. The normalized spacial score (nSPS) is 27.9. The Bertz CT molecular complexity index is 561. The third-order valence-electron chi connectivity index (χ3n) is 4.47. The van der Waals surface area contributed by atoms with Gasteiger partial charge in [-0.25, -0.2) is 8.42 Å². The maximum atomic E-state index is 12.1. The maximum Gasteiger partial charge on any atom is 0.214 e. The first-order valence-electron chi connectivity index (χ1n) is 7.24. The Morgan fingerprint density at radius 1 is 1.30 bits per heavy atom. The lowest BCUT2D eigenvalue weighted by molar-refractivity contribution is 0.240. The van der Waals surface area contributed by atoms with Crippen molar-refractivity contribution in [3.63, 3.8) is 0 Å². The van der Waals surface area contributed by atoms with Crippen LogP contribution in [0.25, 0.3) is 0 Å². The summed E-state index contributed by atoms with van der Waals surface area (Å²) in [5, 5.41) is 0. The van der Waals surface area contributed by atoms with Crippen molar-refractivity contribution < 1.29 is 8.42 Å². The van der Waals surface area contributed by atoms with E-state index in [9.17, 15) is 8.42 Å². The number of pyridine rings is 1. The van der Waals surface area contributed by atoms with Crippen LogP contribution < -0.4 is 0 Å². The second-order valence-electron chi connectivity index (χ2n) is 5.56. The van der Waals surface area contributed by atoms with Crippen molar-refractivity contribution in [3.8, 4) is 0 Å². The molecule has 0 radical (unpaired) electrons. The zero-order valence-corrected chi connectivity index (χ0v) is 12.6. The van der Waals surface area contributed by atoms with Gasteiger partial charge in [-0.05, 0) is 31.4 Å². The van der Waals surface area contributed by atoms with Crippen LogP contribution in [0.2, 0.25) is 0 Å². The maximum absolute atomic E-state index is 12.1. The van der Waals surface area contributed by atoms with E-state index in [1.165, 1.54) is 5.56 Å². The molecular weight excluding hydrogens is 274 g/mol. The largest absolute Gasteiger partial charge is 0.294 e. The van der Waals surface area contributed by atoms with Crippen LogP contribution in [0.3, 0.4) is 0 Å². The van der Waals surface area contributed by atoms with Gasteiger partial charge in [0.15, 0.2) is 0 Å². The molecule has 2 saturated heterocycles. The predicted molar refractivity (Wildman–Crippen MR) is 77.6 cm³/mol. The van der Waals surface area contributed by atoms with Gasteiger partial charge >= 0.3 is 0 Å². The number of hydrogen-bond acceptors (Lipinski definition) is 4. The highest BCUT2D eigenvalue weighted by molar-refractivity contribution is 7.89. The van der Waals surface area contributed by atoms with E-state index in [0.29, 0.717) is 12.6 Å². The van der Waals surface area contributed by atoms with E-state index in [1.807, 2.05) is 12.3 Å². The summed E-state index contributed by atoms with van der Waals surface area (Å²) in [6.07, 6.45) is 5.57. The Labute approximate surface area is 120 Å². The van der Waals surface area contributed by atoms with Crippen molar-refractivity contribution in [1.29, 1.82) is 0 Å². The Hall–Kier alpha value is -0.980. The average molecular weight is 295 g/mol. The van der Waals surface area contributed by atoms with Crippen molar-refractivity contribution in [2.75, 3.05) is 18.8 Å². The minimum atomic E-state index is -3.05. The first-order valence-corrected chi connectivity index (χ1v) is 8.85. The minimum Gasteiger partial charge on any atom is -0.294 e. The van der Waals surface area contributed by atoms with Crippen molar-refractivity contribution in [2.45, 2.75) is 38.4 Å². The molecule has 0 unspecified atom stereocenters. The lowest BCUT2D eigenvalue weighted by Gasteiger charge is -2.25. The topological polar surface area (TPSA) is 53.5 Å². The third kappa shape index (κ3) is 2.47. The molecule has 2 aliphatic heterocycles. The highest BCUT2D eigenvalue weighted by Gasteiger charge is 2.46. The van der Waals surface area contributed by atoms with E-state index < -0.39 is 10.0 Å². The molecule has 2 aliphatic rings. The quantitative estimate of drug-likeness (QED) is 0.834. The van der Waals surface area contributed by atoms with Gasteiger partial charge < -0.3 is 0 Å². The summed E-state index contributed by atoms with van der Waals surface area (Å²) in [5.41, 5.74) is 1.20. The SMILES string of the molecule is CCS(=O)(=O)N1CC[C@H]2[C@H]1CCN2Cc1cccnc1. The van der Waals surface area contributed by atoms with Gasteiger partial charge in [-0.2, -0.15) is 4.31 Å². The Balaban J connectivity index is 1.71. The van der Waals surface area contributed by atoms with Crippen molar-refractivity contribution in [1.82, 2.24) is 14.2 Å². The number of nitrogens with zero attached hydrogens (tertiary/aromatic N) is 3. The van der Waals surface area contributed by atoms with Gasteiger partial charge in [0.2, 0.25) is 10.0 Å². The monoisotopic (exact) mass is 295 g/mol. The number of aromatic nitrogens is 1. The molecule has 1 aromatic rings. The first-order chi connectivity index (χ1) is 9.62. The summed E-state index contributed by atoms with van der Waals surface area (Å²) in [6.45, 7) is 4.25. The molecule has 3 heterocycles. The van der Waals surface area contributed by atoms with Crippen LogP contribution in [0.15, 0.2) is 24.5 Å². The molecule has 5 nitrogen and oxygen atoms in total. The highest BCUT2D eigenvalue weighted by Crippen LogP contribution is 2.34. The van der Waals surface area contributed by atoms with Crippen LogP contribution in [-0.4, -0.2) is 53.5 Å². The summed E-state index contributed by atoms with van der Waals surface area (Å²) in [5.74, 6) is 0.207. The number of sulfonamides is 1. The third-order valence-corrected chi connectivity index (χ3v) is 6.37. The van der Waals surface area contributed by atoms with Crippen molar-refractivity contribution in [2.24, 2.45) is 0 Å². The Morgan fingerprint density at radius 3 is 2.80 bits per heavy atom. The van der Waals surface area contributed by atoms with Crippen molar-refractivity contribution in [3.05, 3.63) is 30.1 Å². The van der Waals surface area contributed by atoms with Crippen LogP contribution in [-0.2, 0) is 16.6 Å². The molecule has 0 spiro atoms. The summed E-state index contributed by atoms with van der Waals surface area (Å²) in [4.78, 5) is 6.56. The van der Waals surface area contributed by atoms with Crippen LogP contribution in [0.5, 0.6) is 0 Å². The minimum absolute atomic E-state index is 0.177. The molecular formula is C14H21N3O2S. The summed E-state index contributed by atoms with van der Waals surface area (Å²) in [6, 6.07) is 4.58. The highest BCUT2D eigenvalue weighted by atomic mass is 32.2. The Kier molecular flexibility index (Phi) is 3.79. The van der Waals surface area contributed by atoms with Gasteiger partial charge in [0.25, 0.3) is 0 Å². The lowest BCUT2D eigenvalue weighted by atomic mass is 10.1. The molecule has 0 amide bonds. The van der Waals surface area contributed by atoms with Crippen LogP contribution in [0.1, 0.15) is 25.3 Å². The van der Waals surface area contributed by atoms with Gasteiger partial charge in [0.1, 0.15) is 0 Å². The molecule has 0 bridgehead atoms. The van der Waals surface area contributed by atoms with E-state index in [1.54, 1.807) is 17.4 Å². The van der Waals surface area contributed by atoms with Crippen LogP contribution >= 0.6 is 0 Å². The fourth-order valence-electron chi connectivity index (χ4n) is 3.47. The van der Waals surface area contributed by atoms with E-state index in [-0.39, 0.29) is 11.8 Å². The number of hydrogen-bond donors (Lipinski definition) is 0. The molecule has 0 aliphatic carbocycles. The number of likely N-dealkylation sites (tertiary alicyclic amines) is 1. The van der Waals surface area contributed by atoms with Crippen LogP contribution in [0.4, 0.5) is 0 Å². The first kappa shape index (κ1) is 14.0. The molecule has 1 aromatic heterocycles. The fourth-order valence-corrected chi connectivity index (χ4v) is 4.84. The molecule has 2 atom stereocenters. The molecule has 20 heavy (non-hydrogen) atoms. The van der Waals surface area contributed by atoms with E-state index >= 15 is 0 Å². The number of rotatable bonds is 4. The standard InChI is InChI=1S/C14H21N3O2S/c1-2-20(18,19)17-9-6-13-14(17)5-8-16(13)11-12-4-3-7-15-10-12/h3-4,7,10,13-14H,2,5-6,8-9,11H2,1H3/t13-,14+/m0/s1. The molecule has 2 fully saturated rings. The van der Waals surface area contributed by atoms with Gasteiger partial charge in [-0.15, -0.1) is 0 Å². The average Bonchev–Trinajstić information content (AvgIpc) is 3.03. The van der Waals surface area contributed by atoms with E-state index in [4.69, 9.17) is 0 Å². The smallest absolute Gasteiger partial charge is 0.214 e. The summed E-state index contributed by atoms with van der Waals surface area (Å²) in [7, 11) is -3.05. The van der Waals surface area contributed by atoms with E-state index in [0.717, 1.165) is 25.9 Å². The summed E-state index contributed by atoms with van der Waals surface area (Å²) >= 11 is 0. The van der Waals surface area contributed by atoms with Gasteiger partial charge in [-0.1, -0.05) is 6.07 Å². The second-order valence-corrected chi connectivity index (χ2v) is 7.77. The van der Waals surface area contributed by atoms with Crippen molar-refractivity contribution >= 4 is 10.0 Å². The molecule has 0 N–H and O–H groups in total. The van der Waals surface area contributed by atoms with Gasteiger partial charge in [0, 0.05) is 44.1 Å². The molecule has 0 aromatic carbocycles. The second kappa shape index (κ2) is 5.42. The summed E-state index contributed by atoms with van der Waals surface area (Å²) < 4.78 is 26.0. The van der Waals surface area contributed by atoms with Crippen LogP contribution in [0, 0.1) is 0 Å². The molecule has 3 rings (SSSR count). The zero-order chi connectivity index (χ0) is 14.2. The molecule has 0 saturated carbocycles. The molecule has 110 valence electrons.